The molecule has 3 atom stereocenters. The summed E-state index contributed by atoms with van der Waals surface area (Å²) < 4.78 is 22.2. The van der Waals surface area contributed by atoms with Gasteiger partial charge in [-0.05, 0) is 0 Å². The van der Waals surface area contributed by atoms with Crippen molar-refractivity contribution in [2.45, 2.75) is 24.9 Å². The van der Waals surface area contributed by atoms with Gasteiger partial charge in [0.25, 0.3) is 0 Å². The summed E-state index contributed by atoms with van der Waals surface area (Å²) in [5, 5.41) is 10.1. The van der Waals surface area contributed by atoms with E-state index in [4.69, 9.17) is 20.3 Å². The molecular weight excluding hydrogens is 317 g/mol. The summed E-state index contributed by atoms with van der Waals surface area (Å²) in [7, 11) is -4.58. The smallest absolute Gasteiger partial charge is 0.388 e. The Balaban J connectivity index is 1.80. The summed E-state index contributed by atoms with van der Waals surface area (Å²) in [6.07, 6.45) is 0.472. The average Bonchev–Trinajstić information content (AvgIpc) is 3.00. The Bertz CT molecular complexity index is 732. The van der Waals surface area contributed by atoms with Gasteiger partial charge in [-0.1, -0.05) is 0 Å². The quantitative estimate of drug-likeness (QED) is 0.519. The number of nitrogens with two attached hydrogens (primary N) is 1. The topological polar surface area (TPSA) is 166 Å². The molecule has 1 aliphatic heterocycles. The molecule has 1 unspecified atom stereocenters. The van der Waals surface area contributed by atoms with E-state index in [1.165, 1.54) is 17.2 Å². The molecule has 5 N–H and O–H groups in total. The Hall–Kier alpha value is -1.62. The molecule has 3 rings (SSSR count). The molecule has 1 aliphatic rings. The van der Waals surface area contributed by atoms with Crippen LogP contribution in [-0.4, -0.2) is 53.2 Å². The van der Waals surface area contributed by atoms with Crippen LogP contribution >= 0.6 is 7.82 Å². The van der Waals surface area contributed by atoms with E-state index in [0.29, 0.717) is 11.2 Å². The van der Waals surface area contributed by atoms with Gasteiger partial charge in [-0.25, -0.2) is 19.5 Å². The maximum atomic E-state index is 10.7. The second-order valence-corrected chi connectivity index (χ2v) is 6.06. The van der Waals surface area contributed by atoms with Gasteiger partial charge in [0.1, 0.15) is 17.9 Å². The van der Waals surface area contributed by atoms with E-state index in [0.717, 1.165) is 0 Å². The number of phosphoric ester groups is 1. The molecule has 2 aromatic heterocycles. The van der Waals surface area contributed by atoms with Gasteiger partial charge in [0.15, 0.2) is 17.7 Å². The number of aromatic nitrogens is 4. The van der Waals surface area contributed by atoms with E-state index in [9.17, 15) is 9.67 Å². The molecule has 0 aromatic carbocycles. The third-order valence-corrected chi connectivity index (χ3v) is 3.74. The fourth-order valence-corrected chi connectivity index (χ4v) is 2.68. The zero-order valence-corrected chi connectivity index (χ0v) is 12.1. The summed E-state index contributed by atoms with van der Waals surface area (Å²) in [6.45, 7) is -0.332. The minimum absolute atomic E-state index is 0.158. The van der Waals surface area contributed by atoms with Crippen molar-refractivity contribution < 1.29 is 28.7 Å². The van der Waals surface area contributed by atoms with Crippen LogP contribution in [0.5, 0.6) is 0 Å². The molecule has 0 radical (unpaired) electrons. The molecule has 0 amide bonds. The molecule has 0 spiro atoms. The number of aliphatic hydroxyl groups excluding tert-OH is 1. The number of rotatable bonds is 4. The Kier molecular flexibility index (Phi) is 3.85. The first-order valence-electron chi connectivity index (χ1n) is 6.32. The van der Waals surface area contributed by atoms with E-state index >= 15 is 0 Å². The van der Waals surface area contributed by atoms with Gasteiger partial charge < -0.3 is 25.4 Å². The van der Waals surface area contributed by atoms with Crippen molar-refractivity contribution in [1.82, 2.24) is 19.5 Å². The number of phosphoric acid groups is 1. The largest absolute Gasteiger partial charge is 0.469 e. The Morgan fingerprint density at radius 1 is 1.45 bits per heavy atom. The van der Waals surface area contributed by atoms with Crippen LogP contribution in [0, 0.1) is 0 Å². The molecule has 1 fully saturated rings. The van der Waals surface area contributed by atoms with Crippen molar-refractivity contribution in [3.05, 3.63) is 12.7 Å². The fraction of sp³-hybridized carbons (Fsp3) is 0.500. The number of hydrogen-bond acceptors (Lipinski definition) is 8. The van der Waals surface area contributed by atoms with E-state index < -0.39 is 26.3 Å². The molecule has 0 aliphatic carbocycles. The predicted molar refractivity (Wildman–Crippen MR) is 72.3 cm³/mol. The number of fused-ring (bicyclic) bond motifs is 1. The first-order valence-corrected chi connectivity index (χ1v) is 7.85. The summed E-state index contributed by atoms with van der Waals surface area (Å²) in [5.41, 5.74) is 6.47. The molecule has 0 saturated carbocycles. The van der Waals surface area contributed by atoms with Crippen LogP contribution in [0.15, 0.2) is 12.7 Å². The lowest BCUT2D eigenvalue weighted by molar-refractivity contribution is -0.0481. The van der Waals surface area contributed by atoms with Gasteiger partial charge in [0.05, 0.1) is 19.0 Å². The zero-order valence-electron chi connectivity index (χ0n) is 11.2. The number of imidazole rings is 1. The van der Waals surface area contributed by atoms with E-state index in [1.807, 2.05) is 0 Å². The number of nitrogen functional groups attached to an aromatic ring is 1. The van der Waals surface area contributed by atoms with Crippen LogP contribution in [0.4, 0.5) is 5.82 Å². The molecule has 120 valence electrons. The first kappa shape index (κ1) is 15.3. The van der Waals surface area contributed by atoms with Crippen LogP contribution in [0.3, 0.4) is 0 Å². The molecule has 2 aromatic rings. The minimum Gasteiger partial charge on any atom is -0.388 e. The number of anilines is 1. The predicted octanol–water partition coefficient (Wildman–Crippen LogP) is -0.834. The summed E-state index contributed by atoms with van der Waals surface area (Å²) >= 11 is 0. The SMILES string of the molecule is Nc1ncnc2c1ncn2C1O[C@H](COP(=O)(O)O)C[C@@H]1O. The molecule has 3 heterocycles. The number of hydrogen-bond donors (Lipinski definition) is 4. The maximum Gasteiger partial charge on any atom is 0.469 e. The lowest BCUT2D eigenvalue weighted by Crippen LogP contribution is -2.19. The summed E-state index contributed by atoms with van der Waals surface area (Å²) in [4.78, 5) is 29.3. The number of aliphatic hydroxyl groups is 1. The molecule has 1 saturated heterocycles. The Labute approximate surface area is 124 Å². The van der Waals surface area contributed by atoms with E-state index in [-0.39, 0.29) is 18.8 Å². The van der Waals surface area contributed by atoms with E-state index in [1.54, 1.807) is 0 Å². The number of nitrogens with zero attached hydrogens (tertiary/aromatic N) is 4. The lowest BCUT2D eigenvalue weighted by Gasteiger charge is -2.17. The second kappa shape index (κ2) is 5.54. The van der Waals surface area contributed by atoms with E-state index in [2.05, 4.69) is 19.5 Å². The second-order valence-electron chi connectivity index (χ2n) is 4.82. The molecule has 0 bridgehead atoms. The minimum atomic E-state index is -4.58. The molecule has 11 nitrogen and oxygen atoms in total. The maximum absolute atomic E-state index is 10.7. The highest BCUT2D eigenvalue weighted by Crippen LogP contribution is 2.38. The highest BCUT2D eigenvalue weighted by Gasteiger charge is 2.37. The van der Waals surface area contributed by atoms with Crippen molar-refractivity contribution in [2.75, 3.05) is 12.3 Å². The van der Waals surface area contributed by atoms with Gasteiger partial charge in [-0.15, -0.1) is 0 Å². The zero-order chi connectivity index (χ0) is 15.9. The normalized spacial score (nSPS) is 25.9. The fourth-order valence-electron chi connectivity index (χ4n) is 2.32. The number of ether oxygens (including phenoxy) is 1. The third-order valence-electron chi connectivity index (χ3n) is 3.26. The van der Waals surface area contributed by atoms with Gasteiger partial charge >= 0.3 is 7.82 Å². The van der Waals surface area contributed by atoms with Gasteiger partial charge in [-0.3, -0.25) is 9.09 Å². The monoisotopic (exact) mass is 331 g/mol. The molecule has 12 heteroatoms. The van der Waals surface area contributed by atoms with Crippen LogP contribution in [0.25, 0.3) is 11.2 Å². The molecule has 22 heavy (non-hydrogen) atoms. The van der Waals surface area contributed by atoms with Crippen LogP contribution in [-0.2, 0) is 13.8 Å². The summed E-state index contributed by atoms with van der Waals surface area (Å²) in [6, 6.07) is 0. The van der Waals surface area contributed by atoms with Crippen LogP contribution in [0.1, 0.15) is 12.6 Å². The van der Waals surface area contributed by atoms with Gasteiger partial charge in [-0.2, -0.15) is 0 Å². The average molecular weight is 331 g/mol. The Morgan fingerprint density at radius 3 is 2.95 bits per heavy atom. The van der Waals surface area contributed by atoms with Gasteiger partial charge in [0, 0.05) is 6.42 Å². The first-order chi connectivity index (χ1) is 10.3. The highest BCUT2D eigenvalue weighted by molar-refractivity contribution is 7.46. The molecular formula is C10H14N5O6P. The highest BCUT2D eigenvalue weighted by atomic mass is 31.2. The van der Waals surface area contributed by atoms with Crippen molar-refractivity contribution in [3.63, 3.8) is 0 Å². The van der Waals surface area contributed by atoms with Crippen LogP contribution in [0.2, 0.25) is 0 Å². The summed E-state index contributed by atoms with van der Waals surface area (Å²) in [5.74, 6) is 0.206. The van der Waals surface area contributed by atoms with Crippen LogP contribution < -0.4 is 5.73 Å². The van der Waals surface area contributed by atoms with Crippen molar-refractivity contribution in [3.8, 4) is 0 Å². The van der Waals surface area contributed by atoms with Crippen molar-refractivity contribution in [1.29, 1.82) is 0 Å². The lowest BCUT2D eigenvalue weighted by atomic mass is 10.2. The van der Waals surface area contributed by atoms with Gasteiger partial charge in [0.2, 0.25) is 0 Å². The third kappa shape index (κ3) is 2.95. The Morgan fingerprint density at radius 2 is 2.23 bits per heavy atom. The van der Waals surface area contributed by atoms with Crippen molar-refractivity contribution in [2.24, 2.45) is 0 Å². The van der Waals surface area contributed by atoms with Crippen molar-refractivity contribution >= 4 is 24.8 Å². The standard InChI is InChI=1S/C10H14N5O6P/c11-8-7-9(13-3-12-8)15(4-14-7)10-6(16)1-5(21-10)2-20-22(17,18)19/h3-6,10,16H,1-2H2,(H2,11,12,13)(H2,17,18,19)/t5-,6-,10?/m0/s1.